The molecule has 244 valence electrons. The van der Waals surface area contributed by atoms with E-state index in [0.29, 0.717) is 29.4 Å². The number of likely N-dealkylation sites (tertiary alicyclic amines) is 1. The first-order valence-corrected chi connectivity index (χ1v) is 17.0. The molecule has 1 fully saturated rings. The fourth-order valence-corrected chi connectivity index (χ4v) is 5.99. The number of methoxy groups -OCH3 is 1. The van der Waals surface area contributed by atoms with Crippen molar-refractivity contribution in [1.82, 2.24) is 9.88 Å². The minimum atomic E-state index is -3.61. The Morgan fingerprint density at radius 3 is 2.33 bits per heavy atom. The molecule has 2 heterocycles. The average Bonchev–Trinajstić information content (AvgIpc) is 2.98. The van der Waals surface area contributed by atoms with Crippen LogP contribution in [0.5, 0.6) is 17.2 Å². The average molecular weight is 648 g/mol. The van der Waals surface area contributed by atoms with Gasteiger partial charge in [-0.15, -0.1) is 0 Å². The van der Waals surface area contributed by atoms with Crippen LogP contribution in [-0.2, 0) is 22.0 Å². The lowest BCUT2D eigenvalue weighted by atomic mass is 9.86. The lowest BCUT2D eigenvalue weighted by Gasteiger charge is -2.29. The van der Waals surface area contributed by atoms with Crippen LogP contribution in [0.25, 0.3) is 10.8 Å². The predicted molar refractivity (Wildman–Crippen MR) is 182 cm³/mol. The van der Waals surface area contributed by atoms with Crippen molar-refractivity contribution in [3.05, 3.63) is 78.1 Å². The number of aliphatic hydroxyl groups excluding tert-OH is 1. The molecule has 4 N–H and O–H groups in total. The van der Waals surface area contributed by atoms with Gasteiger partial charge in [-0.3, -0.25) is 14.6 Å². The standard InChI is InChI=1S/C34H41N5O6S/c1-34(2,3)22-18-29(32(44-4)30(19-22)38-46(5,42)43)37-33(41)36-28-10-11-31(27-9-7-6-8-26(27)28)45-25-12-15-35-23(20-25)21-39-16-13-24(40)14-17-39/h6-12,15,18-20,24,38,40H,13-14,16-17,21H2,1-5H3,(H2,36,37,41). The van der Waals surface area contributed by atoms with Gasteiger partial charge < -0.3 is 25.2 Å². The Balaban J connectivity index is 1.37. The van der Waals surface area contributed by atoms with Crippen LogP contribution < -0.4 is 24.8 Å². The van der Waals surface area contributed by atoms with Gasteiger partial charge in [0.25, 0.3) is 0 Å². The minimum Gasteiger partial charge on any atom is -0.492 e. The number of nitrogens with one attached hydrogen (secondary N) is 3. The molecule has 1 aliphatic heterocycles. The number of amides is 2. The summed E-state index contributed by atoms with van der Waals surface area (Å²) in [5, 5.41) is 17.1. The van der Waals surface area contributed by atoms with Gasteiger partial charge in [0, 0.05) is 42.7 Å². The summed E-state index contributed by atoms with van der Waals surface area (Å²) in [4.78, 5) is 20.2. The number of ether oxygens (including phenoxy) is 2. The molecule has 2 amide bonds. The summed E-state index contributed by atoms with van der Waals surface area (Å²) in [6.07, 6.45) is 4.09. The molecule has 11 nitrogen and oxygen atoms in total. The van der Waals surface area contributed by atoms with Crippen molar-refractivity contribution < 1.29 is 27.8 Å². The normalized spacial score (nSPS) is 14.6. The molecule has 0 bridgehead atoms. The van der Waals surface area contributed by atoms with E-state index in [-0.39, 0.29) is 23.0 Å². The summed E-state index contributed by atoms with van der Waals surface area (Å²) >= 11 is 0. The van der Waals surface area contributed by atoms with Crippen LogP contribution >= 0.6 is 0 Å². The van der Waals surface area contributed by atoms with E-state index in [0.717, 1.165) is 54.2 Å². The Bertz CT molecular complexity index is 1830. The Kier molecular flexibility index (Phi) is 9.71. The maximum Gasteiger partial charge on any atom is 0.323 e. The number of rotatable bonds is 9. The van der Waals surface area contributed by atoms with Crippen molar-refractivity contribution in [2.24, 2.45) is 0 Å². The summed E-state index contributed by atoms with van der Waals surface area (Å²) in [6.45, 7) is 8.31. The molecule has 1 aliphatic rings. The second kappa shape index (κ2) is 13.5. The highest BCUT2D eigenvalue weighted by molar-refractivity contribution is 7.92. The van der Waals surface area contributed by atoms with E-state index in [1.54, 1.807) is 30.5 Å². The van der Waals surface area contributed by atoms with Crippen molar-refractivity contribution in [1.29, 1.82) is 0 Å². The second-order valence-corrected chi connectivity index (χ2v) is 14.3. The predicted octanol–water partition coefficient (Wildman–Crippen LogP) is 6.31. The van der Waals surface area contributed by atoms with Crippen LogP contribution in [-0.4, -0.2) is 62.0 Å². The molecule has 3 aromatic carbocycles. The smallest absolute Gasteiger partial charge is 0.323 e. The highest BCUT2D eigenvalue weighted by Gasteiger charge is 2.23. The number of hydrogen-bond donors (Lipinski definition) is 4. The number of nitrogens with zero attached hydrogens (tertiary/aromatic N) is 2. The molecule has 12 heteroatoms. The fourth-order valence-electron chi connectivity index (χ4n) is 5.44. The third kappa shape index (κ3) is 8.25. The first-order chi connectivity index (χ1) is 21.8. The van der Waals surface area contributed by atoms with Gasteiger partial charge in [0.15, 0.2) is 5.75 Å². The maximum absolute atomic E-state index is 13.4. The molecule has 0 unspecified atom stereocenters. The van der Waals surface area contributed by atoms with Gasteiger partial charge in [0.2, 0.25) is 10.0 Å². The number of carbonyl (C=O) groups is 1. The van der Waals surface area contributed by atoms with Crippen LogP contribution in [0.4, 0.5) is 21.9 Å². The quantitative estimate of drug-likeness (QED) is 0.166. The van der Waals surface area contributed by atoms with Gasteiger partial charge in [0.1, 0.15) is 11.5 Å². The van der Waals surface area contributed by atoms with Crippen LogP contribution in [0.1, 0.15) is 44.9 Å². The van der Waals surface area contributed by atoms with Crippen LogP contribution in [0.3, 0.4) is 0 Å². The maximum atomic E-state index is 13.4. The number of benzene rings is 3. The number of aromatic nitrogens is 1. The lowest BCUT2D eigenvalue weighted by molar-refractivity contribution is 0.0786. The van der Waals surface area contributed by atoms with E-state index in [1.807, 2.05) is 57.2 Å². The fraction of sp³-hybridized carbons (Fsp3) is 0.353. The summed E-state index contributed by atoms with van der Waals surface area (Å²) in [5.74, 6) is 1.46. The van der Waals surface area contributed by atoms with E-state index >= 15 is 0 Å². The van der Waals surface area contributed by atoms with E-state index in [4.69, 9.17) is 9.47 Å². The lowest BCUT2D eigenvalue weighted by Crippen LogP contribution is -2.35. The highest BCUT2D eigenvalue weighted by atomic mass is 32.2. The van der Waals surface area contributed by atoms with Crippen molar-refractivity contribution in [2.75, 3.05) is 41.8 Å². The zero-order valence-electron chi connectivity index (χ0n) is 26.8. The molecule has 0 aliphatic carbocycles. The monoisotopic (exact) mass is 647 g/mol. The SMILES string of the molecule is COc1c(NC(=O)Nc2ccc(Oc3ccnc(CN4CCC(O)CC4)c3)c3ccccc23)cc(C(C)(C)C)cc1NS(C)(=O)=O. The number of piperidine rings is 1. The minimum absolute atomic E-state index is 0.191. The number of aliphatic hydroxyl groups is 1. The first-order valence-electron chi connectivity index (χ1n) is 15.1. The van der Waals surface area contributed by atoms with Gasteiger partial charge in [-0.05, 0) is 54.2 Å². The molecule has 0 saturated carbocycles. The van der Waals surface area contributed by atoms with Crippen LogP contribution in [0, 0.1) is 0 Å². The van der Waals surface area contributed by atoms with Crippen LogP contribution in [0.2, 0.25) is 0 Å². The van der Waals surface area contributed by atoms with Gasteiger partial charge >= 0.3 is 6.03 Å². The summed E-state index contributed by atoms with van der Waals surface area (Å²) in [5.41, 5.74) is 2.45. The number of hydrogen-bond acceptors (Lipinski definition) is 8. The first kappa shape index (κ1) is 33.0. The third-order valence-corrected chi connectivity index (χ3v) is 8.38. The third-order valence-electron chi connectivity index (χ3n) is 7.79. The Morgan fingerprint density at radius 1 is 0.978 bits per heavy atom. The molecule has 5 rings (SSSR count). The second-order valence-electron chi connectivity index (χ2n) is 12.6. The Labute approximate surface area is 270 Å². The zero-order chi connectivity index (χ0) is 33.1. The number of urea groups is 1. The van der Waals surface area contributed by atoms with E-state index in [1.165, 1.54) is 7.11 Å². The van der Waals surface area contributed by atoms with Crippen molar-refractivity contribution in [3.63, 3.8) is 0 Å². The molecule has 0 atom stereocenters. The zero-order valence-corrected chi connectivity index (χ0v) is 27.6. The molecular formula is C34H41N5O6S. The number of sulfonamides is 1. The Morgan fingerprint density at radius 2 is 1.65 bits per heavy atom. The van der Waals surface area contributed by atoms with Gasteiger partial charge in [-0.1, -0.05) is 45.0 Å². The van der Waals surface area contributed by atoms with Gasteiger partial charge in [-0.25, -0.2) is 13.2 Å². The summed E-state index contributed by atoms with van der Waals surface area (Å²) < 4.78 is 38.5. The van der Waals surface area contributed by atoms with Gasteiger partial charge in [0.05, 0.1) is 42.2 Å². The molecule has 1 saturated heterocycles. The van der Waals surface area contributed by atoms with Gasteiger partial charge in [-0.2, -0.15) is 0 Å². The molecule has 0 radical (unpaired) electrons. The Hall–Kier alpha value is -4.39. The topological polar surface area (TPSA) is 142 Å². The van der Waals surface area contributed by atoms with E-state index in [9.17, 15) is 18.3 Å². The van der Waals surface area contributed by atoms with Crippen molar-refractivity contribution >= 4 is 43.9 Å². The molecular weight excluding hydrogens is 606 g/mol. The number of anilines is 3. The molecule has 1 aromatic heterocycles. The molecule has 0 spiro atoms. The van der Waals surface area contributed by atoms with E-state index < -0.39 is 16.1 Å². The van der Waals surface area contributed by atoms with E-state index in [2.05, 4.69) is 25.2 Å². The molecule has 4 aromatic rings. The summed E-state index contributed by atoms with van der Waals surface area (Å²) in [7, 11) is -2.20. The van der Waals surface area contributed by atoms with Crippen molar-refractivity contribution in [2.45, 2.75) is 51.7 Å². The summed E-state index contributed by atoms with van der Waals surface area (Å²) in [6, 6.07) is 17.9. The number of fused-ring (bicyclic) bond motifs is 1. The largest absolute Gasteiger partial charge is 0.492 e. The van der Waals surface area contributed by atoms with Crippen molar-refractivity contribution in [3.8, 4) is 17.2 Å². The number of carbonyl (C=O) groups excluding carboxylic acids is 1. The highest BCUT2D eigenvalue weighted by Crippen LogP contribution is 2.40. The van der Waals surface area contributed by atoms with Crippen LogP contribution in [0.15, 0.2) is 66.9 Å². The number of pyridine rings is 1. The molecule has 46 heavy (non-hydrogen) atoms.